The standard InChI is InChI=1S/C27H36N2O4.ClH/c1-20(2)16-29(17-21-10-11-22-8-6-13-32-25(22)15-21)27(30)26-19-28(12-14-33-26)18-23-7-4-5-9-24(23)31-3;/h4-5,7,9-11,15,20,26H,6,8,12-14,16-19H2,1-3H3;1H. The number of morpholine rings is 1. The molecule has 6 nitrogen and oxygen atoms in total. The average molecular weight is 489 g/mol. The molecule has 0 aliphatic carbocycles. The van der Waals surface area contributed by atoms with Crippen LogP contribution in [0, 0.1) is 5.92 Å². The maximum absolute atomic E-state index is 13.6. The summed E-state index contributed by atoms with van der Waals surface area (Å²) >= 11 is 0. The zero-order valence-corrected chi connectivity index (χ0v) is 21.3. The van der Waals surface area contributed by atoms with Crippen LogP contribution in [0.2, 0.25) is 0 Å². The smallest absolute Gasteiger partial charge is 0.253 e. The highest BCUT2D eigenvalue weighted by molar-refractivity contribution is 5.85. The Labute approximate surface area is 209 Å². The summed E-state index contributed by atoms with van der Waals surface area (Å²) in [7, 11) is 1.69. The largest absolute Gasteiger partial charge is 0.496 e. The van der Waals surface area contributed by atoms with Gasteiger partial charge < -0.3 is 19.1 Å². The number of benzene rings is 2. The van der Waals surface area contributed by atoms with Crippen molar-refractivity contribution in [1.82, 2.24) is 9.80 Å². The van der Waals surface area contributed by atoms with Crippen LogP contribution in [0.15, 0.2) is 42.5 Å². The molecule has 1 atom stereocenters. The van der Waals surface area contributed by atoms with E-state index in [1.54, 1.807) is 7.11 Å². The molecule has 2 aliphatic heterocycles. The van der Waals surface area contributed by atoms with E-state index >= 15 is 0 Å². The molecule has 2 aliphatic rings. The highest BCUT2D eigenvalue weighted by atomic mass is 35.5. The fourth-order valence-corrected chi connectivity index (χ4v) is 4.65. The molecule has 0 N–H and O–H groups in total. The van der Waals surface area contributed by atoms with E-state index in [9.17, 15) is 4.79 Å². The number of carbonyl (C=O) groups is 1. The highest BCUT2D eigenvalue weighted by Gasteiger charge is 2.31. The molecule has 186 valence electrons. The van der Waals surface area contributed by atoms with Crippen molar-refractivity contribution in [1.29, 1.82) is 0 Å². The summed E-state index contributed by atoms with van der Waals surface area (Å²) in [6, 6.07) is 14.4. The van der Waals surface area contributed by atoms with Gasteiger partial charge in [-0.3, -0.25) is 9.69 Å². The fraction of sp³-hybridized carbons (Fsp3) is 0.519. The molecule has 34 heavy (non-hydrogen) atoms. The topological polar surface area (TPSA) is 51.2 Å². The molecule has 1 amide bonds. The number of aryl methyl sites for hydroxylation is 1. The van der Waals surface area contributed by atoms with Crippen LogP contribution in [-0.2, 0) is 29.0 Å². The summed E-state index contributed by atoms with van der Waals surface area (Å²) in [4.78, 5) is 17.8. The van der Waals surface area contributed by atoms with Crippen LogP contribution in [0.5, 0.6) is 11.5 Å². The minimum Gasteiger partial charge on any atom is -0.496 e. The number of para-hydroxylation sites is 1. The molecular formula is C27H37ClN2O4. The van der Waals surface area contributed by atoms with Gasteiger partial charge in [-0.05, 0) is 42.0 Å². The third-order valence-corrected chi connectivity index (χ3v) is 6.26. The van der Waals surface area contributed by atoms with Crippen LogP contribution in [0.3, 0.4) is 0 Å². The summed E-state index contributed by atoms with van der Waals surface area (Å²) in [6.07, 6.45) is 1.66. The second kappa shape index (κ2) is 12.4. The summed E-state index contributed by atoms with van der Waals surface area (Å²) in [5.74, 6) is 2.28. The first-order chi connectivity index (χ1) is 16.0. The van der Waals surface area contributed by atoms with Crippen LogP contribution in [0.25, 0.3) is 0 Å². The highest BCUT2D eigenvalue weighted by Crippen LogP contribution is 2.27. The molecule has 0 aromatic heterocycles. The van der Waals surface area contributed by atoms with Gasteiger partial charge in [-0.25, -0.2) is 0 Å². The molecule has 1 unspecified atom stereocenters. The minimum atomic E-state index is -0.457. The number of hydrogen-bond donors (Lipinski definition) is 0. The van der Waals surface area contributed by atoms with Crippen molar-refractivity contribution >= 4 is 18.3 Å². The van der Waals surface area contributed by atoms with Crippen molar-refractivity contribution in [3.8, 4) is 11.5 Å². The Morgan fingerprint density at radius 1 is 1.21 bits per heavy atom. The second-order valence-corrected chi connectivity index (χ2v) is 9.41. The Kier molecular flexibility index (Phi) is 9.63. The molecule has 1 fully saturated rings. The van der Waals surface area contributed by atoms with Gasteiger partial charge in [0, 0.05) is 38.3 Å². The zero-order valence-electron chi connectivity index (χ0n) is 20.5. The molecular weight excluding hydrogens is 452 g/mol. The van der Waals surface area contributed by atoms with Crippen molar-refractivity contribution < 1.29 is 19.0 Å². The van der Waals surface area contributed by atoms with Crippen molar-refractivity contribution in [2.45, 2.75) is 45.9 Å². The maximum atomic E-state index is 13.6. The zero-order chi connectivity index (χ0) is 23.2. The Bertz CT molecular complexity index is 952. The normalized spacial score (nSPS) is 17.9. The van der Waals surface area contributed by atoms with E-state index in [0.29, 0.717) is 32.2 Å². The average Bonchev–Trinajstić information content (AvgIpc) is 2.83. The van der Waals surface area contributed by atoms with E-state index in [2.05, 4.69) is 43.0 Å². The van der Waals surface area contributed by atoms with Crippen molar-refractivity contribution in [3.63, 3.8) is 0 Å². The molecule has 1 saturated heterocycles. The van der Waals surface area contributed by atoms with Gasteiger partial charge in [0.2, 0.25) is 0 Å². The van der Waals surface area contributed by atoms with Gasteiger partial charge in [0.15, 0.2) is 0 Å². The van der Waals surface area contributed by atoms with E-state index in [-0.39, 0.29) is 18.3 Å². The molecule has 4 rings (SSSR count). The molecule has 2 aromatic rings. The number of ether oxygens (including phenoxy) is 3. The van der Waals surface area contributed by atoms with Gasteiger partial charge in [0.05, 0.1) is 20.3 Å². The number of halogens is 1. The SMILES string of the molecule is COc1ccccc1CN1CCOC(C(=O)N(Cc2ccc3c(c2)OCCC3)CC(C)C)C1.Cl. The first-order valence-electron chi connectivity index (χ1n) is 12.0. The van der Waals surface area contributed by atoms with E-state index in [0.717, 1.165) is 55.2 Å². The predicted octanol–water partition coefficient (Wildman–Crippen LogP) is 4.33. The molecule has 0 bridgehead atoms. The number of nitrogens with zero attached hydrogens (tertiary/aromatic N) is 2. The number of methoxy groups -OCH3 is 1. The summed E-state index contributed by atoms with van der Waals surface area (Å²) in [6.45, 7) is 8.99. The Morgan fingerprint density at radius 2 is 2.03 bits per heavy atom. The van der Waals surface area contributed by atoms with Crippen LogP contribution in [-0.4, -0.2) is 61.8 Å². The first kappa shape index (κ1) is 26.3. The molecule has 0 saturated carbocycles. The Hall–Kier alpha value is -2.28. The monoisotopic (exact) mass is 488 g/mol. The van der Waals surface area contributed by atoms with E-state index < -0.39 is 6.10 Å². The maximum Gasteiger partial charge on any atom is 0.253 e. The van der Waals surface area contributed by atoms with Gasteiger partial charge in [0.1, 0.15) is 17.6 Å². The fourth-order valence-electron chi connectivity index (χ4n) is 4.65. The first-order valence-corrected chi connectivity index (χ1v) is 12.0. The number of carbonyl (C=O) groups excluding carboxylic acids is 1. The van der Waals surface area contributed by atoms with E-state index in [1.165, 1.54) is 5.56 Å². The predicted molar refractivity (Wildman–Crippen MR) is 136 cm³/mol. The number of amides is 1. The van der Waals surface area contributed by atoms with Crippen molar-refractivity contribution in [3.05, 3.63) is 59.2 Å². The lowest BCUT2D eigenvalue weighted by Crippen LogP contribution is -2.51. The molecule has 7 heteroatoms. The number of fused-ring (bicyclic) bond motifs is 1. The number of rotatable bonds is 8. The molecule has 0 radical (unpaired) electrons. The Morgan fingerprint density at radius 3 is 2.82 bits per heavy atom. The lowest BCUT2D eigenvalue weighted by molar-refractivity contribution is -0.151. The van der Waals surface area contributed by atoms with Crippen LogP contribution in [0.4, 0.5) is 0 Å². The minimum absolute atomic E-state index is 0. The van der Waals surface area contributed by atoms with Crippen LogP contribution >= 0.6 is 12.4 Å². The number of hydrogen-bond acceptors (Lipinski definition) is 5. The quantitative estimate of drug-likeness (QED) is 0.553. The third-order valence-electron chi connectivity index (χ3n) is 6.26. The van der Waals surface area contributed by atoms with Crippen LogP contribution < -0.4 is 9.47 Å². The van der Waals surface area contributed by atoms with Crippen LogP contribution in [0.1, 0.15) is 37.0 Å². The van der Waals surface area contributed by atoms with Crippen molar-refractivity contribution in [2.75, 3.05) is 40.0 Å². The summed E-state index contributed by atoms with van der Waals surface area (Å²) in [5, 5.41) is 0. The third kappa shape index (κ3) is 6.65. The Balaban J connectivity index is 0.00000324. The lowest BCUT2D eigenvalue weighted by Gasteiger charge is -2.36. The van der Waals surface area contributed by atoms with E-state index in [1.807, 2.05) is 23.1 Å². The summed E-state index contributed by atoms with van der Waals surface area (Å²) < 4.78 is 17.3. The van der Waals surface area contributed by atoms with Gasteiger partial charge in [-0.15, -0.1) is 12.4 Å². The molecule has 2 aromatic carbocycles. The second-order valence-electron chi connectivity index (χ2n) is 9.41. The molecule has 2 heterocycles. The molecule has 0 spiro atoms. The van der Waals surface area contributed by atoms with E-state index in [4.69, 9.17) is 14.2 Å². The van der Waals surface area contributed by atoms with Gasteiger partial charge >= 0.3 is 0 Å². The van der Waals surface area contributed by atoms with Crippen molar-refractivity contribution in [2.24, 2.45) is 5.92 Å². The van der Waals surface area contributed by atoms with Gasteiger partial charge in [-0.2, -0.15) is 0 Å². The van der Waals surface area contributed by atoms with Gasteiger partial charge in [0.25, 0.3) is 5.91 Å². The lowest BCUT2D eigenvalue weighted by atomic mass is 10.0. The van der Waals surface area contributed by atoms with Gasteiger partial charge in [-0.1, -0.05) is 44.2 Å². The summed E-state index contributed by atoms with van der Waals surface area (Å²) in [5.41, 5.74) is 3.49.